The number of urea groups is 1. The quantitative estimate of drug-likeness (QED) is 0.846. The van der Waals surface area contributed by atoms with Crippen molar-refractivity contribution >= 4 is 17.4 Å². The Balaban J connectivity index is 2.40. The van der Waals surface area contributed by atoms with Crippen LogP contribution in [0.15, 0.2) is 16.8 Å². The van der Waals surface area contributed by atoms with Gasteiger partial charge < -0.3 is 10.2 Å². The van der Waals surface area contributed by atoms with E-state index in [1.807, 2.05) is 11.9 Å². The topological polar surface area (TPSA) is 32.3 Å². The number of thiophene rings is 1. The molecule has 0 aromatic carbocycles. The highest BCUT2D eigenvalue weighted by molar-refractivity contribution is 7.07. The minimum atomic E-state index is 0.0240. The summed E-state index contributed by atoms with van der Waals surface area (Å²) < 4.78 is 0. The Morgan fingerprint density at radius 3 is 2.58 bits per heavy atom. The molecular formula is C15H26N2OS. The molecule has 108 valence electrons. The molecule has 0 aliphatic heterocycles. The summed E-state index contributed by atoms with van der Waals surface area (Å²) in [5.74, 6) is 0.605. The average molecular weight is 282 g/mol. The third-order valence-corrected chi connectivity index (χ3v) is 4.02. The van der Waals surface area contributed by atoms with Crippen molar-refractivity contribution in [3.05, 3.63) is 22.4 Å². The van der Waals surface area contributed by atoms with Crippen molar-refractivity contribution < 1.29 is 4.79 Å². The van der Waals surface area contributed by atoms with Crippen molar-refractivity contribution in [1.82, 2.24) is 10.2 Å². The van der Waals surface area contributed by atoms with E-state index in [1.54, 1.807) is 11.3 Å². The first-order valence-electron chi connectivity index (χ1n) is 6.94. The van der Waals surface area contributed by atoms with Gasteiger partial charge >= 0.3 is 6.03 Å². The zero-order valence-corrected chi connectivity index (χ0v) is 13.5. The summed E-state index contributed by atoms with van der Waals surface area (Å²) in [4.78, 5) is 13.9. The predicted octanol–water partition coefficient (Wildman–Crippen LogP) is 3.76. The maximum Gasteiger partial charge on any atom is 0.317 e. The summed E-state index contributed by atoms with van der Waals surface area (Å²) in [5.41, 5.74) is 1.29. The Morgan fingerprint density at radius 1 is 1.37 bits per heavy atom. The average Bonchev–Trinajstić information content (AvgIpc) is 2.79. The normalized spacial score (nSPS) is 14.2. The molecule has 1 rings (SSSR count). The van der Waals surface area contributed by atoms with Crippen LogP contribution < -0.4 is 5.32 Å². The minimum Gasteiger partial charge on any atom is -0.335 e. The van der Waals surface area contributed by atoms with Crippen LogP contribution in [-0.2, 0) is 6.42 Å². The lowest BCUT2D eigenvalue weighted by Gasteiger charge is -2.28. The molecule has 0 radical (unpaired) electrons. The Bertz CT molecular complexity index is 376. The van der Waals surface area contributed by atoms with Crippen molar-refractivity contribution in [2.75, 3.05) is 7.05 Å². The van der Waals surface area contributed by atoms with Crippen molar-refractivity contribution in [1.29, 1.82) is 0 Å². The van der Waals surface area contributed by atoms with Gasteiger partial charge in [0, 0.05) is 19.1 Å². The molecule has 0 fully saturated rings. The van der Waals surface area contributed by atoms with Crippen molar-refractivity contribution in [3.63, 3.8) is 0 Å². The van der Waals surface area contributed by atoms with E-state index in [4.69, 9.17) is 0 Å². The van der Waals surface area contributed by atoms with Crippen molar-refractivity contribution in [2.24, 2.45) is 5.92 Å². The van der Waals surface area contributed by atoms with Gasteiger partial charge in [-0.05, 0) is 55.0 Å². The fourth-order valence-corrected chi connectivity index (χ4v) is 2.85. The number of carbonyl (C=O) groups excluding carboxylic acids is 1. The lowest BCUT2D eigenvalue weighted by molar-refractivity contribution is 0.183. The zero-order valence-electron chi connectivity index (χ0n) is 12.6. The summed E-state index contributed by atoms with van der Waals surface area (Å²) in [6.45, 7) is 8.52. The van der Waals surface area contributed by atoms with Gasteiger partial charge in [0.05, 0.1) is 0 Å². The van der Waals surface area contributed by atoms with Crippen LogP contribution in [0.4, 0.5) is 4.79 Å². The first-order valence-corrected chi connectivity index (χ1v) is 7.88. The number of hydrogen-bond acceptors (Lipinski definition) is 2. The van der Waals surface area contributed by atoms with E-state index in [9.17, 15) is 4.79 Å². The summed E-state index contributed by atoms with van der Waals surface area (Å²) in [6.07, 6.45) is 1.92. The van der Waals surface area contributed by atoms with Gasteiger partial charge in [0.15, 0.2) is 0 Å². The molecule has 0 saturated carbocycles. The van der Waals surface area contributed by atoms with Crippen LogP contribution in [0.1, 0.15) is 39.7 Å². The van der Waals surface area contributed by atoms with Crippen LogP contribution in [0, 0.1) is 5.92 Å². The molecule has 3 nitrogen and oxygen atoms in total. The number of nitrogens with zero attached hydrogens (tertiary/aromatic N) is 1. The van der Waals surface area contributed by atoms with Gasteiger partial charge in [-0.1, -0.05) is 13.8 Å². The van der Waals surface area contributed by atoms with Crippen molar-refractivity contribution in [2.45, 2.75) is 52.6 Å². The van der Waals surface area contributed by atoms with E-state index >= 15 is 0 Å². The van der Waals surface area contributed by atoms with Gasteiger partial charge in [0.2, 0.25) is 0 Å². The smallest absolute Gasteiger partial charge is 0.317 e. The van der Waals surface area contributed by atoms with E-state index < -0.39 is 0 Å². The molecule has 2 amide bonds. The second-order valence-corrected chi connectivity index (χ2v) is 6.56. The minimum absolute atomic E-state index is 0.0240. The zero-order chi connectivity index (χ0) is 14.4. The number of nitrogens with one attached hydrogen (secondary N) is 1. The molecule has 0 bridgehead atoms. The highest BCUT2D eigenvalue weighted by Crippen LogP contribution is 2.11. The molecule has 0 aliphatic rings. The van der Waals surface area contributed by atoms with Gasteiger partial charge in [-0.2, -0.15) is 11.3 Å². The summed E-state index contributed by atoms with van der Waals surface area (Å²) in [7, 11) is 1.87. The predicted molar refractivity (Wildman–Crippen MR) is 82.7 cm³/mol. The van der Waals surface area contributed by atoms with Crippen LogP contribution in [0.5, 0.6) is 0 Å². The monoisotopic (exact) mass is 282 g/mol. The fraction of sp³-hybridized carbons (Fsp3) is 0.667. The molecule has 4 heteroatoms. The summed E-state index contributed by atoms with van der Waals surface area (Å²) in [6, 6.07) is 2.57. The van der Waals surface area contributed by atoms with Gasteiger partial charge in [0.25, 0.3) is 0 Å². The van der Waals surface area contributed by atoms with E-state index in [-0.39, 0.29) is 18.1 Å². The van der Waals surface area contributed by atoms with Crippen LogP contribution in [0.25, 0.3) is 0 Å². The summed E-state index contributed by atoms with van der Waals surface area (Å²) in [5, 5.41) is 7.27. The Morgan fingerprint density at radius 2 is 2.05 bits per heavy atom. The number of hydrogen-bond donors (Lipinski definition) is 1. The van der Waals surface area contributed by atoms with Crippen LogP contribution in [0.3, 0.4) is 0 Å². The molecule has 0 spiro atoms. The third kappa shape index (κ3) is 5.64. The second-order valence-electron chi connectivity index (χ2n) is 5.78. The highest BCUT2D eigenvalue weighted by atomic mass is 32.1. The lowest BCUT2D eigenvalue weighted by atomic mass is 10.0. The van der Waals surface area contributed by atoms with Crippen LogP contribution >= 0.6 is 11.3 Å². The highest BCUT2D eigenvalue weighted by Gasteiger charge is 2.18. The Kier molecular flexibility index (Phi) is 6.35. The van der Waals surface area contributed by atoms with Crippen molar-refractivity contribution in [3.8, 4) is 0 Å². The van der Waals surface area contributed by atoms with Gasteiger partial charge in [-0.3, -0.25) is 0 Å². The lowest BCUT2D eigenvalue weighted by Crippen LogP contribution is -2.46. The molecule has 1 aromatic rings. The van der Waals surface area contributed by atoms with Gasteiger partial charge in [-0.25, -0.2) is 4.79 Å². The molecule has 2 atom stereocenters. The van der Waals surface area contributed by atoms with E-state index in [2.05, 4.69) is 49.8 Å². The SMILES string of the molecule is CC(C)C[C@@H](C)N(C)C(=O)N[C@@H](C)Cc1ccsc1. The van der Waals surface area contributed by atoms with E-state index in [0.29, 0.717) is 5.92 Å². The van der Waals surface area contributed by atoms with Gasteiger partial charge in [0.1, 0.15) is 0 Å². The maximum atomic E-state index is 12.1. The molecular weight excluding hydrogens is 256 g/mol. The Labute approximate surface area is 121 Å². The standard InChI is InChI=1S/C15H26N2OS/c1-11(2)8-13(4)17(5)15(18)16-12(3)9-14-6-7-19-10-14/h6-7,10-13H,8-9H2,1-5H3,(H,16,18)/t12-,13+/m0/s1. The number of rotatable bonds is 6. The fourth-order valence-electron chi connectivity index (χ4n) is 2.17. The molecule has 1 aromatic heterocycles. The molecule has 1 heterocycles. The Hall–Kier alpha value is -1.03. The number of amides is 2. The third-order valence-electron chi connectivity index (χ3n) is 3.29. The summed E-state index contributed by atoms with van der Waals surface area (Å²) >= 11 is 1.70. The maximum absolute atomic E-state index is 12.1. The number of carbonyl (C=O) groups is 1. The molecule has 1 N–H and O–H groups in total. The van der Waals surface area contributed by atoms with Gasteiger partial charge in [-0.15, -0.1) is 0 Å². The first-order chi connectivity index (χ1) is 8.90. The largest absolute Gasteiger partial charge is 0.335 e. The second kappa shape index (κ2) is 7.53. The molecule has 0 saturated heterocycles. The van der Waals surface area contributed by atoms with Crippen LogP contribution in [-0.4, -0.2) is 30.1 Å². The van der Waals surface area contributed by atoms with Crippen LogP contribution in [0.2, 0.25) is 0 Å². The molecule has 0 aliphatic carbocycles. The molecule has 0 unspecified atom stereocenters. The first kappa shape index (κ1) is 16.0. The van der Waals surface area contributed by atoms with E-state index in [0.717, 1.165) is 12.8 Å². The van der Waals surface area contributed by atoms with E-state index in [1.165, 1.54) is 5.56 Å². The molecule has 19 heavy (non-hydrogen) atoms.